The minimum Gasteiger partial charge on any atom is -0.368 e. The first-order valence-corrected chi connectivity index (χ1v) is 7.60. The lowest BCUT2D eigenvalue weighted by atomic mass is 10.2. The molecule has 2 heterocycles. The molecule has 0 aliphatic carbocycles. The number of benzene rings is 1. The topological polar surface area (TPSA) is 49.6 Å². The van der Waals surface area contributed by atoms with E-state index in [1.165, 1.54) is 4.90 Å². The standard InChI is InChI=1S/C13H15N3OS2/c1-8(12(14)17)15-6-9-7-19-11-5-3-2-4-10(11)16(9)13(15)18/h2-5,8-9H,6-7H2,1H3,(H2,14,17). The number of fused-ring (bicyclic) bond motifs is 3. The number of thioether (sulfide) groups is 1. The minimum atomic E-state index is -0.352. The molecule has 2 atom stereocenters. The maximum atomic E-state index is 11.4. The Morgan fingerprint density at radius 1 is 1.53 bits per heavy atom. The highest BCUT2D eigenvalue weighted by molar-refractivity contribution is 7.99. The van der Waals surface area contributed by atoms with Crippen LogP contribution in [0.5, 0.6) is 0 Å². The summed E-state index contributed by atoms with van der Waals surface area (Å²) in [6, 6.07) is 8.22. The Morgan fingerprint density at radius 3 is 3.00 bits per heavy atom. The van der Waals surface area contributed by atoms with Crippen LogP contribution in [0.2, 0.25) is 0 Å². The van der Waals surface area contributed by atoms with E-state index in [4.69, 9.17) is 18.0 Å². The highest BCUT2D eigenvalue weighted by Crippen LogP contribution is 2.40. The van der Waals surface area contributed by atoms with Gasteiger partial charge in [-0.1, -0.05) is 12.1 Å². The first kappa shape index (κ1) is 12.7. The number of rotatable bonds is 2. The van der Waals surface area contributed by atoms with Gasteiger partial charge >= 0.3 is 0 Å². The molecule has 6 heteroatoms. The molecule has 4 nitrogen and oxygen atoms in total. The van der Waals surface area contributed by atoms with Crippen molar-refractivity contribution < 1.29 is 4.79 Å². The Hall–Kier alpha value is -1.27. The van der Waals surface area contributed by atoms with Crippen LogP contribution in [0.1, 0.15) is 6.92 Å². The molecule has 2 aliphatic heterocycles. The van der Waals surface area contributed by atoms with Crippen LogP contribution in [-0.4, -0.2) is 40.3 Å². The van der Waals surface area contributed by atoms with Gasteiger partial charge in [-0.2, -0.15) is 0 Å². The summed E-state index contributed by atoms with van der Waals surface area (Å²) in [5, 5.41) is 0.712. The second kappa shape index (κ2) is 4.68. The van der Waals surface area contributed by atoms with Crippen LogP contribution in [0.3, 0.4) is 0 Å². The zero-order chi connectivity index (χ0) is 13.6. The monoisotopic (exact) mass is 293 g/mol. The fourth-order valence-corrected chi connectivity index (χ4v) is 4.15. The molecule has 2 N–H and O–H groups in total. The summed E-state index contributed by atoms with van der Waals surface area (Å²) in [6.07, 6.45) is 0. The fourth-order valence-electron chi connectivity index (χ4n) is 2.55. The van der Waals surface area contributed by atoms with Gasteiger partial charge in [-0.25, -0.2) is 0 Å². The molecule has 1 amide bonds. The molecule has 0 saturated carbocycles. The van der Waals surface area contributed by atoms with Gasteiger partial charge in [0.25, 0.3) is 0 Å². The highest BCUT2D eigenvalue weighted by atomic mass is 32.2. The van der Waals surface area contributed by atoms with Gasteiger partial charge in [0.1, 0.15) is 6.04 Å². The molecule has 1 aromatic carbocycles. The van der Waals surface area contributed by atoms with Crippen molar-refractivity contribution in [1.82, 2.24) is 4.90 Å². The predicted octanol–water partition coefficient (Wildman–Crippen LogP) is 1.44. The summed E-state index contributed by atoms with van der Waals surface area (Å²) in [4.78, 5) is 16.7. The van der Waals surface area contributed by atoms with Crippen molar-refractivity contribution in [2.75, 3.05) is 17.2 Å². The van der Waals surface area contributed by atoms with Gasteiger partial charge in [-0.05, 0) is 31.3 Å². The van der Waals surface area contributed by atoms with E-state index in [1.54, 1.807) is 0 Å². The summed E-state index contributed by atoms with van der Waals surface area (Å²) in [7, 11) is 0. The number of thiocarbonyl (C=S) groups is 1. The number of anilines is 1. The smallest absolute Gasteiger partial charge is 0.239 e. The number of nitrogens with zero attached hydrogens (tertiary/aromatic N) is 2. The summed E-state index contributed by atoms with van der Waals surface area (Å²) >= 11 is 7.39. The highest BCUT2D eigenvalue weighted by Gasteiger charge is 2.41. The number of nitrogens with two attached hydrogens (primary N) is 1. The molecule has 0 bridgehead atoms. The molecule has 1 aromatic rings. The second-order valence-corrected chi connectivity index (χ2v) is 6.24. The molecule has 0 spiro atoms. The van der Waals surface area contributed by atoms with Crippen molar-refractivity contribution in [3.63, 3.8) is 0 Å². The van der Waals surface area contributed by atoms with Gasteiger partial charge in [0.2, 0.25) is 5.91 Å². The lowest BCUT2D eigenvalue weighted by molar-refractivity contribution is -0.121. The van der Waals surface area contributed by atoms with Gasteiger partial charge < -0.3 is 15.5 Å². The van der Waals surface area contributed by atoms with E-state index >= 15 is 0 Å². The largest absolute Gasteiger partial charge is 0.368 e. The third-order valence-electron chi connectivity index (χ3n) is 3.66. The van der Waals surface area contributed by atoms with E-state index < -0.39 is 0 Å². The van der Waals surface area contributed by atoms with Crippen LogP contribution in [0, 0.1) is 0 Å². The average Bonchev–Trinajstić information content (AvgIpc) is 2.75. The van der Waals surface area contributed by atoms with Crippen LogP contribution in [0.15, 0.2) is 29.2 Å². The van der Waals surface area contributed by atoms with Crippen molar-refractivity contribution in [2.24, 2.45) is 5.73 Å². The van der Waals surface area contributed by atoms with E-state index in [9.17, 15) is 4.79 Å². The summed E-state index contributed by atoms with van der Waals surface area (Å²) in [6.45, 7) is 2.58. The Morgan fingerprint density at radius 2 is 2.26 bits per heavy atom. The van der Waals surface area contributed by atoms with Gasteiger partial charge in [-0.3, -0.25) is 4.79 Å². The van der Waals surface area contributed by atoms with Crippen molar-refractivity contribution >= 4 is 40.7 Å². The first-order chi connectivity index (χ1) is 9.09. The zero-order valence-corrected chi connectivity index (χ0v) is 12.2. The maximum Gasteiger partial charge on any atom is 0.239 e. The number of amides is 1. The SMILES string of the molecule is CC(C(N)=O)N1CC2CSc3ccccc3N2C1=S. The van der Waals surface area contributed by atoms with Crippen LogP contribution < -0.4 is 10.6 Å². The Labute approximate surface area is 121 Å². The van der Waals surface area contributed by atoms with Crippen molar-refractivity contribution in [3.8, 4) is 0 Å². The van der Waals surface area contributed by atoms with E-state index in [2.05, 4.69) is 17.0 Å². The number of para-hydroxylation sites is 1. The molecule has 100 valence electrons. The molecule has 19 heavy (non-hydrogen) atoms. The van der Waals surface area contributed by atoms with Crippen molar-refractivity contribution in [3.05, 3.63) is 24.3 Å². The number of hydrogen-bond acceptors (Lipinski definition) is 3. The molecular weight excluding hydrogens is 278 g/mol. The second-order valence-electron chi connectivity index (χ2n) is 4.82. The first-order valence-electron chi connectivity index (χ1n) is 6.20. The van der Waals surface area contributed by atoms with E-state index in [1.807, 2.05) is 35.7 Å². The molecule has 2 unspecified atom stereocenters. The number of hydrogen-bond donors (Lipinski definition) is 1. The Kier molecular flexibility index (Phi) is 3.14. The lowest BCUT2D eigenvalue weighted by Gasteiger charge is -2.31. The Balaban J connectivity index is 1.95. The van der Waals surface area contributed by atoms with Crippen LogP contribution in [0.4, 0.5) is 5.69 Å². The van der Waals surface area contributed by atoms with E-state index in [0.717, 1.165) is 18.0 Å². The van der Waals surface area contributed by atoms with E-state index in [-0.39, 0.29) is 11.9 Å². The predicted molar refractivity (Wildman–Crippen MR) is 81.4 cm³/mol. The third kappa shape index (κ3) is 1.99. The molecule has 1 saturated heterocycles. The van der Waals surface area contributed by atoms with Gasteiger partial charge in [0, 0.05) is 17.2 Å². The number of carbonyl (C=O) groups excluding carboxylic acids is 1. The number of carbonyl (C=O) groups is 1. The van der Waals surface area contributed by atoms with Crippen LogP contribution in [-0.2, 0) is 4.79 Å². The zero-order valence-electron chi connectivity index (χ0n) is 10.6. The van der Waals surface area contributed by atoms with Crippen molar-refractivity contribution in [2.45, 2.75) is 23.9 Å². The summed E-state index contributed by atoms with van der Waals surface area (Å²) < 4.78 is 0. The summed E-state index contributed by atoms with van der Waals surface area (Å²) in [5.41, 5.74) is 6.54. The fraction of sp³-hybridized carbons (Fsp3) is 0.385. The van der Waals surface area contributed by atoms with E-state index in [0.29, 0.717) is 11.2 Å². The number of primary amides is 1. The molecule has 3 rings (SSSR count). The normalized spacial score (nSPS) is 23.0. The molecule has 1 fully saturated rings. The minimum absolute atomic E-state index is 0.328. The van der Waals surface area contributed by atoms with Crippen molar-refractivity contribution in [1.29, 1.82) is 0 Å². The van der Waals surface area contributed by atoms with Gasteiger partial charge in [0.05, 0.1) is 11.7 Å². The molecule has 2 aliphatic rings. The molecular formula is C13H15N3OS2. The Bertz CT molecular complexity index is 548. The van der Waals surface area contributed by atoms with Gasteiger partial charge in [-0.15, -0.1) is 11.8 Å². The van der Waals surface area contributed by atoms with Gasteiger partial charge in [0.15, 0.2) is 5.11 Å². The van der Waals surface area contributed by atoms with Crippen LogP contribution in [0.25, 0.3) is 0 Å². The maximum absolute atomic E-state index is 11.4. The molecule has 0 aromatic heterocycles. The summed E-state index contributed by atoms with van der Waals surface area (Å²) in [5.74, 6) is 0.655. The quantitative estimate of drug-likeness (QED) is 0.836. The average molecular weight is 293 g/mol. The van der Waals surface area contributed by atoms with Crippen LogP contribution >= 0.6 is 24.0 Å². The third-order valence-corrected chi connectivity index (χ3v) is 5.30. The molecule has 0 radical (unpaired) electrons. The lowest BCUT2D eigenvalue weighted by Crippen LogP contribution is -2.45.